The maximum Gasteiger partial charge on any atom is 0.249 e. The first-order chi connectivity index (χ1) is 14.5. The smallest absolute Gasteiger partial charge is 0.249 e. The van der Waals surface area contributed by atoms with E-state index in [4.69, 9.17) is 11.0 Å². The summed E-state index contributed by atoms with van der Waals surface area (Å²) in [5, 5.41) is 13.8. The molecular weight excluding hydrogens is 374 g/mol. The zero-order valence-electron chi connectivity index (χ0n) is 16.9. The fourth-order valence-electron chi connectivity index (χ4n) is 3.82. The van der Waals surface area contributed by atoms with Crippen molar-refractivity contribution in [3.05, 3.63) is 60.1 Å². The molecule has 0 bridgehead atoms. The van der Waals surface area contributed by atoms with E-state index in [0.29, 0.717) is 11.5 Å². The van der Waals surface area contributed by atoms with Crippen molar-refractivity contribution in [2.75, 3.05) is 11.1 Å². The average molecular weight is 397 g/mol. The van der Waals surface area contributed by atoms with Crippen LogP contribution < -0.4 is 11.1 Å². The van der Waals surface area contributed by atoms with Crippen molar-refractivity contribution < 1.29 is 4.79 Å². The van der Waals surface area contributed by atoms with Gasteiger partial charge >= 0.3 is 0 Å². The van der Waals surface area contributed by atoms with E-state index in [-0.39, 0.29) is 11.8 Å². The Morgan fingerprint density at radius 2 is 2.00 bits per heavy atom. The number of hydrogen-bond acceptors (Lipinski definition) is 5. The molecule has 0 atom stereocenters. The fraction of sp³-hybridized carbons (Fsp3) is 0.250. The van der Waals surface area contributed by atoms with Crippen LogP contribution in [0.3, 0.4) is 0 Å². The molecule has 0 radical (unpaired) electrons. The van der Waals surface area contributed by atoms with Crippen molar-refractivity contribution >= 4 is 28.2 Å². The molecule has 1 saturated carbocycles. The van der Waals surface area contributed by atoms with Gasteiger partial charge in [0.25, 0.3) is 0 Å². The van der Waals surface area contributed by atoms with Gasteiger partial charge < -0.3 is 11.1 Å². The van der Waals surface area contributed by atoms with Crippen LogP contribution in [0.25, 0.3) is 21.9 Å². The van der Waals surface area contributed by atoms with Gasteiger partial charge in [0.15, 0.2) is 0 Å². The minimum atomic E-state index is -0.181. The molecule has 1 amide bonds. The Labute approximate surface area is 175 Å². The summed E-state index contributed by atoms with van der Waals surface area (Å²) in [6, 6.07) is 10.3. The molecule has 0 aliphatic heterocycles. The number of nitriles is 1. The molecular formula is C24H23N5O. The van der Waals surface area contributed by atoms with Crippen LogP contribution in [0.1, 0.15) is 31.2 Å². The molecule has 3 N–H and O–H groups in total. The van der Waals surface area contributed by atoms with Gasteiger partial charge in [-0.05, 0) is 61.3 Å². The minimum Gasteiger partial charge on any atom is -0.397 e. The molecule has 150 valence electrons. The van der Waals surface area contributed by atoms with Crippen LogP contribution in [-0.4, -0.2) is 15.9 Å². The van der Waals surface area contributed by atoms with Crippen LogP contribution >= 0.6 is 0 Å². The van der Waals surface area contributed by atoms with Gasteiger partial charge in [0, 0.05) is 35.3 Å². The number of nitrogens with one attached hydrogen (secondary N) is 1. The van der Waals surface area contributed by atoms with Gasteiger partial charge in [-0.2, -0.15) is 5.26 Å². The second kappa shape index (κ2) is 8.34. The molecule has 4 rings (SSSR count). The highest BCUT2D eigenvalue weighted by molar-refractivity contribution is 6.00. The maximum absolute atomic E-state index is 12.4. The summed E-state index contributed by atoms with van der Waals surface area (Å²) in [6.07, 6.45) is 10.1. The number of nitrogen functional groups attached to an aromatic ring is 1. The van der Waals surface area contributed by atoms with E-state index in [0.717, 1.165) is 58.7 Å². The van der Waals surface area contributed by atoms with Crippen molar-refractivity contribution in [1.82, 2.24) is 9.97 Å². The largest absolute Gasteiger partial charge is 0.397 e. The van der Waals surface area contributed by atoms with Gasteiger partial charge in [0.05, 0.1) is 18.0 Å². The quantitative estimate of drug-likeness (QED) is 0.620. The van der Waals surface area contributed by atoms with Gasteiger partial charge in [-0.25, -0.2) is 4.98 Å². The number of nitrogens with zero attached hydrogens (tertiary/aromatic N) is 3. The maximum atomic E-state index is 12.4. The molecule has 1 aliphatic carbocycles. The van der Waals surface area contributed by atoms with Gasteiger partial charge in [0.1, 0.15) is 5.82 Å². The lowest BCUT2D eigenvalue weighted by Crippen LogP contribution is -2.12. The monoisotopic (exact) mass is 397 g/mol. The third kappa shape index (κ3) is 4.15. The summed E-state index contributed by atoms with van der Waals surface area (Å²) in [4.78, 5) is 21.0. The predicted molar refractivity (Wildman–Crippen MR) is 118 cm³/mol. The Morgan fingerprint density at radius 1 is 1.20 bits per heavy atom. The van der Waals surface area contributed by atoms with Gasteiger partial charge in [-0.1, -0.05) is 17.7 Å². The molecule has 1 fully saturated rings. The first-order valence-corrected chi connectivity index (χ1v) is 10.0. The van der Waals surface area contributed by atoms with Gasteiger partial charge in [-0.15, -0.1) is 0 Å². The highest BCUT2D eigenvalue weighted by Gasteiger charge is 2.16. The molecule has 2 aromatic heterocycles. The number of fused-ring (bicyclic) bond motifs is 1. The number of allylic oxidation sites excluding steroid dienone is 1. The lowest BCUT2D eigenvalue weighted by molar-refractivity contribution is -0.112. The Kier molecular flexibility index (Phi) is 5.44. The van der Waals surface area contributed by atoms with Gasteiger partial charge in [-0.3, -0.25) is 9.78 Å². The summed E-state index contributed by atoms with van der Waals surface area (Å²) in [5.41, 5.74) is 10.7. The second-order valence-corrected chi connectivity index (χ2v) is 7.73. The molecule has 0 spiro atoms. The molecule has 2 heterocycles. The van der Waals surface area contributed by atoms with E-state index in [1.54, 1.807) is 18.5 Å². The van der Waals surface area contributed by atoms with E-state index < -0.39 is 0 Å². The number of anilines is 2. The zero-order valence-corrected chi connectivity index (χ0v) is 16.9. The molecule has 1 aliphatic rings. The Morgan fingerprint density at radius 3 is 2.77 bits per heavy atom. The summed E-state index contributed by atoms with van der Waals surface area (Å²) in [6.45, 7) is 1.98. The van der Waals surface area contributed by atoms with Crippen LogP contribution in [0.15, 0.2) is 54.5 Å². The molecule has 0 saturated heterocycles. The summed E-state index contributed by atoms with van der Waals surface area (Å²) >= 11 is 0. The molecule has 6 heteroatoms. The van der Waals surface area contributed by atoms with Crippen molar-refractivity contribution in [3.63, 3.8) is 0 Å². The third-order valence-electron chi connectivity index (χ3n) is 5.68. The summed E-state index contributed by atoms with van der Waals surface area (Å²) in [5.74, 6) is 0.439. The number of aromatic nitrogens is 2. The topological polar surface area (TPSA) is 105 Å². The molecule has 30 heavy (non-hydrogen) atoms. The minimum absolute atomic E-state index is 0.111. The molecule has 0 unspecified atom stereocenters. The van der Waals surface area contributed by atoms with Crippen LogP contribution in [0, 0.1) is 24.2 Å². The normalized spacial score (nSPS) is 16.1. The van der Waals surface area contributed by atoms with Crippen molar-refractivity contribution in [2.24, 2.45) is 5.92 Å². The van der Waals surface area contributed by atoms with E-state index in [9.17, 15) is 4.79 Å². The zero-order chi connectivity index (χ0) is 21.1. The number of benzene rings is 1. The molecule has 3 aromatic rings. The highest BCUT2D eigenvalue weighted by Crippen LogP contribution is 2.30. The number of rotatable bonds is 3. The van der Waals surface area contributed by atoms with Crippen LogP contribution in [0.5, 0.6) is 0 Å². The number of hydrogen-bond donors (Lipinski definition) is 2. The number of nitrogens with two attached hydrogens (primary N) is 1. The number of carbonyl (C=O) groups excluding carboxylic acids is 1. The average Bonchev–Trinajstić information content (AvgIpc) is 2.75. The van der Waals surface area contributed by atoms with E-state index >= 15 is 0 Å². The number of amides is 1. The van der Waals surface area contributed by atoms with E-state index in [1.165, 1.54) is 0 Å². The Bertz CT molecular complexity index is 1180. The van der Waals surface area contributed by atoms with Gasteiger partial charge in [0.2, 0.25) is 5.91 Å². The molecule has 6 nitrogen and oxygen atoms in total. The Hall–Kier alpha value is -3.72. The Balaban J connectivity index is 1.55. The first kappa shape index (κ1) is 19.6. The molecule has 1 aromatic carbocycles. The van der Waals surface area contributed by atoms with Crippen LogP contribution in [-0.2, 0) is 4.79 Å². The highest BCUT2D eigenvalue weighted by atomic mass is 16.1. The third-order valence-corrected chi connectivity index (χ3v) is 5.68. The SMILES string of the molecule is Cc1c(N)cncc1-c1ccc2cnc(NC(=O)C=C3CCC(C#N)CC3)cc2c1. The lowest BCUT2D eigenvalue weighted by atomic mass is 9.86. The lowest BCUT2D eigenvalue weighted by Gasteiger charge is -2.17. The van der Waals surface area contributed by atoms with E-state index in [1.807, 2.05) is 31.3 Å². The summed E-state index contributed by atoms with van der Waals surface area (Å²) in [7, 11) is 0. The summed E-state index contributed by atoms with van der Waals surface area (Å²) < 4.78 is 0. The van der Waals surface area contributed by atoms with Crippen molar-refractivity contribution in [1.29, 1.82) is 5.26 Å². The van der Waals surface area contributed by atoms with Crippen LogP contribution in [0.4, 0.5) is 11.5 Å². The second-order valence-electron chi connectivity index (χ2n) is 7.73. The number of pyridine rings is 2. The van der Waals surface area contributed by atoms with Crippen molar-refractivity contribution in [2.45, 2.75) is 32.6 Å². The fourth-order valence-corrected chi connectivity index (χ4v) is 3.82. The number of carbonyl (C=O) groups is 1. The first-order valence-electron chi connectivity index (χ1n) is 10.0. The predicted octanol–water partition coefficient (Wildman–Crippen LogP) is 4.77. The standard InChI is InChI=1S/C24H23N5O/c1-15-21(13-27-14-22(15)26)18-6-7-19-12-28-23(10-20(19)9-18)29-24(30)8-16-2-4-17(11-25)5-3-16/h6-10,12-14,17H,2-5,26H2,1H3,(H,28,29,30). The van der Waals surface area contributed by atoms with Crippen LogP contribution in [0.2, 0.25) is 0 Å². The van der Waals surface area contributed by atoms with E-state index in [2.05, 4.69) is 27.4 Å². The van der Waals surface area contributed by atoms with Crippen molar-refractivity contribution in [3.8, 4) is 17.2 Å².